The normalized spacial score (nSPS) is 11.5. The van der Waals surface area contributed by atoms with Crippen LogP contribution in [0.25, 0.3) is 33.0 Å². The van der Waals surface area contributed by atoms with Crippen molar-refractivity contribution >= 4 is 11.6 Å². The second-order valence-corrected chi connectivity index (χ2v) is 7.76. The van der Waals surface area contributed by atoms with Gasteiger partial charge in [-0.25, -0.2) is 4.98 Å². The zero-order valence-electron chi connectivity index (χ0n) is 18.9. The standard InChI is InChI=1S/C22H21ClN9O.K/c1-2-5-18(26-29-24)22-25-20(23)19(13-33)32(22)12-14-8-10-15(11-9-14)16-6-3-4-7-17(16)21-27-30-31-28-21;/h3-4,6-11,18,33H,2,5,12-13H2,1H3;/q-1;+1. The Bertz CT molecular complexity index is 1270. The molecule has 0 saturated heterocycles. The molecule has 1 unspecified atom stereocenters. The van der Waals surface area contributed by atoms with Gasteiger partial charge in [-0.1, -0.05) is 78.6 Å². The maximum Gasteiger partial charge on any atom is 1.00 e. The summed E-state index contributed by atoms with van der Waals surface area (Å²) < 4.78 is 1.83. The molecular weight excluding hydrogens is 481 g/mol. The van der Waals surface area contributed by atoms with Crippen LogP contribution in [0.3, 0.4) is 0 Å². The largest absolute Gasteiger partial charge is 1.00 e. The number of imidazole rings is 1. The molecule has 0 aliphatic rings. The molecule has 168 valence electrons. The van der Waals surface area contributed by atoms with E-state index in [0.717, 1.165) is 28.7 Å². The molecule has 0 amide bonds. The van der Waals surface area contributed by atoms with Crippen molar-refractivity contribution in [1.29, 1.82) is 0 Å². The average molecular weight is 502 g/mol. The fraction of sp³-hybridized carbons (Fsp3) is 0.273. The number of azide groups is 1. The molecule has 0 saturated carbocycles. The van der Waals surface area contributed by atoms with E-state index >= 15 is 0 Å². The van der Waals surface area contributed by atoms with E-state index in [1.165, 1.54) is 0 Å². The molecule has 0 bridgehead atoms. The number of halogens is 1. The van der Waals surface area contributed by atoms with E-state index in [-0.39, 0.29) is 63.1 Å². The SMILES string of the molecule is CCCC(N=[N+]=[N-])c1nc(Cl)c(CO)n1Cc1ccc(-c2ccccc2-c2nnn[n-]2)cc1.[K+]. The molecule has 0 fully saturated rings. The first kappa shape index (κ1) is 26.5. The van der Waals surface area contributed by atoms with Gasteiger partial charge in [-0.15, -0.1) is 0 Å². The molecule has 1 atom stereocenters. The second-order valence-electron chi connectivity index (χ2n) is 7.41. The molecule has 0 aliphatic heterocycles. The van der Waals surface area contributed by atoms with Gasteiger partial charge < -0.3 is 14.8 Å². The smallest absolute Gasteiger partial charge is 0.390 e. The first-order valence-electron chi connectivity index (χ1n) is 10.4. The summed E-state index contributed by atoms with van der Waals surface area (Å²) in [5, 5.41) is 29.1. The number of hydrogen-bond acceptors (Lipinski definition) is 6. The number of aliphatic hydroxyl groups excluding tert-OH is 1. The molecule has 10 nitrogen and oxygen atoms in total. The quantitative estimate of drug-likeness (QED) is 0.160. The van der Waals surface area contributed by atoms with Gasteiger partial charge in [-0.2, -0.15) is 5.21 Å². The zero-order valence-corrected chi connectivity index (χ0v) is 22.8. The van der Waals surface area contributed by atoms with Crippen molar-refractivity contribution in [2.45, 2.75) is 39.0 Å². The third-order valence-corrected chi connectivity index (χ3v) is 5.65. The van der Waals surface area contributed by atoms with Crippen LogP contribution in [0.5, 0.6) is 0 Å². The molecule has 1 N–H and O–H groups in total. The first-order valence-corrected chi connectivity index (χ1v) is 10.8. The van der Waals surface area contributed by atoms with E-state index in [1.807, 2.05) is 60.0 Å². The Morgan fingerprint density at radius 2 is 1.91 bits per heavy atom. The van der Waals surface area contributed by atoms with Crippen molar-refractivity contribution in [3.05, 3.63) is 81.2 Å². The Morgan fingerprint density at radius 3 is 2.53 bits per heavy atom. The Balaban J connectivity index is 0.00000324. The Labute approximate surface area is 243 Å². The average Bonchev–Trinajstić information content (AvgIpc) is 3.48. The summed E-state index contributed by atoms with van der Waals surface area (Å²) in [6.07, 6.45) is 1.44. The van der Waals surface area contributed by atoms with Crippen LogP contribution in [0.1, 0.15) is 42.9 Å². The predicted molar refractivity (Wildman–Crippen MR) is 123 cm³/mol. The van der Waals surface area contributed by atoms with Crippen molar-refractivity contribution in [2.24, 2.45) is 5.11 Å². The minimum atomic E-state index is -0.462. The molecule has 34 heavy (non-hydrogen) atoms. The topological polar surface area (TPSA) is 140 Å². The summed E-state index contributed by atoms with van der Waals surface area (Å²) in [7, 11) is 0. The molecule has 4 aromatic rings. The fourth-order valence-corrected chi connectivity index (χ4v) is 4.03. The number of rotatable bonds is 9. The summed E-state index contributed by atoms with van der Waals surface area (Å²) in [6, 6.07) is 15.3. The van der Waals surface area contributed by atoms with Crippen LogP contribution in [0.4, 0.5) is 0 Å². The van der Waals surface area contributed by atoms with E-state index in [1.54, 1.807) is 0 Å². The van der Waals surface area contributed by atoms with Crippen molar-refractivity contribution in [1.82, 2.24) is 30.2 Å². The van der Waals surface area contributed by atoms with Gasteiger partial charge in [0.15, 0.2) is 5.15 Å². The van der Waals surface area contributed by atoms with Crippen molar-refractivity contribution in [3.8, 4) is 22.5 Å². The molecule has 0 spiro atoms. The van der Waals surface area contributed by atoms with Gasteiger partial charge in [0.2, 0.25) is 0 Å². The molecule has 0 radical (unpaired) electrons. The zero-order chi connectivity index (χ0) is 23.2. The van der Waals surface area contributed by atoms with Gasteiger partial charge >= 0.3 is 51.4 Å². The van der Waals surface area contributed by atoms with Crippen LogP contribution < -0.4 is 56.5 Å². The molecule has 2 aromatic carbocycles. The van der Waals surface area contributed by atoms with Crippen molar-refractivity contribution in [2.75, 3.05) is 0 Å². The summed E-state index contributed by atoms with van der Waals surface area (Å²) >= 11 is 6.28. The van der Waals surface area contributed by atoms with Gasteiger partial charge in [-0.05, 0) is 34.2 Å². The predicted octanol–water partition coefficient (Wildman–Crippen LogP) is 1.71. The van der Waals surface area contributed by atoms with Gasteiger partial charge in [0, 0.05) is 17.3 Å². The summed E-state index contributed by atoms with van der Waals surface area (Å²) in [4.78, 5) is 7.36. The molecule has 12 heteroatoms. The minimum absolute atomic E-state index is 0. The van der Waals surface area contributed by atoms with Gasteiger partial charge in [-0.3, -0.25) is 10.3 Å². The number of tetrazole rings is 1. The number of aliphatic hydroxyl groups is 1. The van der Waals surface area contributed by atoms with Crippen LogP contribution >= 0.6 is 11.6 Å². The fourth-order valence-electron chi connectivity index (χ4n) is 3.79. The molecule has 0 aliphatic carbocycles. The van der Waals surface area contributed by atoms with Crippen LogP contribution in [-0.4, -0.2) is 30.2 Å². The maximum absolute atomic E-state index is 9.88. The van der Waals surface area contributed by atoms with Crippen molar-refractivity contribution in [3.63, 3.8) is 0 Å². The Hall–Kier alpha value is -2.08. The van der Waals surface area contributed by atoms with Crippen LogP contribution in [0.15, 0.2) is 53.6 Å². The monoisotopic (exact) mass is 501 g/mol. The minimum Gasteiger partial charge on any atom is -0.390 e. The summed E-state index contributed by atoms with van der Waals surface area (Å²) in [5.41, 5.74) is 13.3. The van der Waals surface area contributed by atoms with E-state index in [9.17, 15) is 5.11 Å². The number of benzene rings is 2. The van der Waals surface area contributed by atoms with Gasteiger partial charge in [0.1, 0.15) is 5.82 Å². The van der Waals surface area contributed by atoms with E-state index < -0.39 is 6.04 Å². The third-order valence-electron chi connectivity index (χ3n) is 5.35. The first-order chi connectivity index (χ1) is 16.2. The summed E-state index contributed by atoms with van der Waals surface area (Å²) in [6.45, 7) is 2.16. The van der Waals surface area contributed by atoms with Gasteiger partial charge in [0.25, 0.3) is 0 Å². The molecule has 4 rings (SSSR count). The maximum atomic E-state index is 9.88. The number of aromatic nitrogens is 6. The van der Waals surface area contributed by atoms with Crippen LogP contribution in [0.2, 0.25) is 5.15 Å². The summed E-state index contributed by atoms with van der Waals surface area (Å²) in [5.74, 6) is 1.02. The van der Waals surface area contributed by atoms with Crippen LogP contribution in [-0.2, 0) is 13.2 Å². The molecule has 2 aromatic heterocycles. The van der Waals surface area contributed by atoms with E-state index in [2.05, 4.69) is 35.6 Å². The van der Waals surface area contributed by atoms with E-state index in [4.69, 9.17) is 17.1 Å². The third kappa shape index (κ3) is 5.76. The van der Waals surface area contributed by atoms with Gasteiger partial charge in [0.05, 0.1) is 18.3 Å². The van der Waals surface area contributed by atoms with Crippen molar-refractivity contribution < 1.29 is 56.5 Å². The Morgan fingerprint density at radius 1 is 1.18 bits per heavy atom. The number of hydrogen-bond donors (Lipinski definition) is 1. The van der Waals surface area contributed by atoms with E-state index in [0.29, 0.717) is 30.3 Å². The molecule has 2 heterocycles. The molecular formula is C22H21ClKN9O. The Kier molecular flexibility index (Phi) is 9.81. The van der Waals surface area contributed by atoms with Crippen LogP contribution in [0, 0.1) is 0 Å². The second kappa shape index (κ2) is 12.6. The number of nitrogens with zero attached hydrogens (tertiary/aromatic N) is 9.